The predicted molar refractivity (Wildman–Crippen MR) is 110 cm³/mol. The molecular weight excluding hydrogens is 368 g/mol. The Labute approximate surface area is 170 Å². The number of hydrogen-bond donors (Lipinski definition) is 2. The van der Waals surface area contributed by atoms with E-state index in [-0.39, 0.29) is 11.8 Å². The third kappa shape index (κ3) is 6.31. The number of rotatable bonds is 7. The van der Waals surface area contributed by atoms with Gasteiger partial charge in [-0.25, -0.2) is 0 Å². The molecule has 0 unspecified atom stereocenters. The van der Waals surface area contributed by atoms with Gasteiger partial charge in [0, 0.05) is 30.8 Å². The van der Waals surface area contributed by atoms with E-state index < -0.39 is 5.97 Å². The van der Waals surface area contributed by atoms with Gasteiger partial charge >= 0.3 is 5.97 Å². The number of benzene rings is 2. The number of amides is 2. The number of nitrogens with one attached hydrogen (secondary N) is 2. The van der Waals surface area contributed by atoms with Gasteiger partial charge in [-0.05, 0) is 61.6 Å². The van der Waals surface area contributed by atoms with E-state index in [1.807, 2.05) is 19.1 Å². The van der Waals surface area contributed by atoms with Crippen LogP contribution in [-0.4, -0.2) is 17.8 Å². The van der Waals surface area contributed by atoms with E-state index in [9.17, 15) is 14.4 Å². The quantitative estimate of drug-likeness (QED) is 0.426. The van der Waals surface area contributed by atoms with Crippen LogP contribution in [0.15, 0.2) is 60.2 Å². The van der Waals surface area contributed by atoms with Crippen LogP contribution in [-0.2, 0) is 16.1 Å². The lowest BCUT2D eigenvalue weighted by atomic mass is 10.1. The fraction of sp³-hybridized carbons (Fsp3) is 0.261. The van der Waals surface area contributed by atoms with E-state index in [1.165, 1.54) is 25.8 Å². The van der Waals surface area contributed by atoms with Crippen molar-refractivity contribution in [3.8, 4) is 5.75 Å². The van der Waals surface area contributed by atoms with Gasteiger partial charge in [0.15, 0.2) is 0 Å². The molecule has 0 saturated heterocycles. The monoisotopic (exact) mass is 392 g/mol. The van der Waals surface area contributed by atoms with Crippen molar-refractivity contribution in [1.29, 1.82) is 0 Å². The molecule has 2 aromatic carbocycles. The van der Waals surface area contributed by atoms with Crippen LogP contribution in [0.25, 0.3) is 0 Å². The summed E-state index contributed by atoms with van der Waals surface area (Å²) >= 11 is 0. The number of anilines is 1. The molecule has 6 heteroatoms. The minimum Gasteiger partial charge on any atom is -0.427 e. The molecule has 0 heterocycles. The number of allylic oxidation sites excluding steroid dienone is 1. The third-order valence-corrected chi connectivity index (χ3v) is 4.62. The molecule has 0 bridgehead atoms. The number of esters is 1. The van der Waals surface area contributed by atoms with Crippen LogP contribution in [0.4, 0.5) is 5.69 Å². The van der Waals surface area contributed by atoms with E-state index in [2.05, 4.69) is 10.6 Å². The highest BCUT2D eigenvalue weighted by Gasteiger charge is 2.23. The van der Waals surface area contributed by atoms with E-state index >= 15 is 0 Å². The van der Waals surface area contributed by atoms with Crippen molar-refractivity contribution in [2.24, 2.45) is 5.92 Å². The topological polar surface area (TPSA) is 84.5 Å². The van der Waals surface area contributed by atoms with Gasteiger partial charge in [-0.15, -0.1) is 0 Å². The number of ether oxygens (including phenoxy) is 1. The van der Waals surface area contributed by atoms with Crippen LogP contribution < -0.4 is 15.4 Å². The first-order chi connectivity index (χ1) is 13.9. The summed E-state index contributed by atoms with van der Waals surface area (Å²) in [5, 5.41) is 5.68. The van der Waals surface area contributed by atoms with Gasteiger partial charge in [-0.3, -0.25) is 14.4 Å². The van der Waals surface area contributed by atoms with Crippen molar-refractivity contribution in [1.82, 2.24) is 5.32 Å². The third-order valence-electron chi connectivity index (χ3n) is 4.62. The van der Waals surface area contributed by atoms with Crippen molar-refractivity contribution in [3.05, 3.63) is 71.3 Å². The molecule has 150 valence electrons. The molecule has 0 aliphatic heterocycles. The predicted octanol–water partition coefficient (Wildman–Crippen LogP) is 3.84. The van der Waals surface area contributed by atoms with Gasteiger partial charge in [0.2, 0.25) is 5.91 Å². The Morgan fingerprint density at radius 1 is 1.07 bits per heavy atom. The zero-order chi connectivity index (χ0) is 20.8. The Hall–Kier alpha value is -3.41. The van der Waals surface area contributed by atoms with Crippen molar-refractivity contribution in [2.75, 3.05) is 5.32 Å². The Morgan fingerprint density at radius 2 is 1.79 bits per heavy atom. The molecule has 2 amide bonds. The lowest BCUT2D eigenvalue weighted by Gasteiger charge is -2.08. The molecule has 1 fully saturated rings. The Kier molecular flexibility index (Phi) is 6.44. The average Bonchev–Trinajstić information content (AvgIpc) is 3.52. The summed E-state index contributed by atoms with van der Waals surface area (Å²) in [6.07, 6.45) is 4.03. The Balaban J connectivity index is 1.53. The van der Waals surface area contributed by atoms with Crippen LogP contribution in [0.5, 0.6) is 5.75 Å². The molecule has 2 aromatic rings. The summed E-state index contributed by atoms with van der Waals surface area (Å²) in [5.74, 6) is 0.0733. The summed E-state index contributed by atoms with van der Waals surface area (Å²) in [5.41, 5.74) is 3.09. The van der Waals surface area contributed by atoms with Crippen molar-refractivity contribution in [2.45, 2.75) is 33.2 Å². The van der Waals surface area contributed by atoms with Gasteiger partial charge in [-0.2, -0.15) is 0 Å². The van der Waals surface area contributed by atoms with E-state index in [4.69, 9.17) is 4.74 Å². The highest BCUT2D eigenvalue weighted by Crippen LogP contribution is 2.35. The van der Waals surface area contributed by atoms with Crippen LogP contribution in [0, 0.1) is 5.92 Å². The molecule has 0 aromatic heterocycles. The molecule has 0 radical (unpaired) electrons. The molecule has 1 aliphatic carbocycles. The fourth-order valence-corrected chi connectivity index (χ4v) is 2.88. The maximum absolute atomic E-state index is 12.4. The number of hydrogen-bond acceptors (Lipinski definition) is 4. The standard InChI is InChI=1S/C23H24N2O4/c1-15(18-8-9-18)12-22(27)24-14-17-6-10-20(11-7-17)25-23(28)19-4-3-5-21(13-19)29-16(2)26/h3-7,10-13,18H,8-9,14H2,1-2H3,(H,24,27)(H,25,28)/b15-12+. The molecule has 6 nitrogen and oxygen atoms in total. The summed E-state index contributed by atoms with van der Waals surface area (Å²) in [4.78, 5) is 35.4. The SMILES string of the molecule is CC(=O)Oc1cccc(C(=O)Nc2ccc(CNC(=O)/C=C(\C)C3CC3)cc2)c1. The smallest absolute Gasteiger partial charge is 0.308 e. The Bertz CT molecular complexity index is 944. The minimum atomic E-state index is -0.441. The summed E-state index contributed by atoms with van der Waals surface area (Å²) in [7, 11) is 0. The second-order valence-corrected chi connectivity index (χ2v) is 7.15. The largest absolute Gasteiger partial charge is 0.427 e. The van der Waals surface area contributed by atoms with Crippen molar-refractivity contribution >= 4 is 23.5 Å². The zero-order valence-electron chi connectivity index (χ0n) is 16.5. The molecule has 2 N–H and O–H groups in total. The fourth-order valence-electron chi connectivity index (χ4n) is 2.88. The van der Waals surface area contributed by atoms with Gasteiger partial charge in [0.25, 0.3) is 5.91 Å². The lowest BCUT2D eigenvalue weighted by Crippen LogP contribution is -2.20. The molecule has 3 rings (SSSR count). The highest BCUT2D eigenvalue weighted by molar-refractivity contribution is 6.04. The van der Waals surface area contributed by atoms with Gasteiger partial charge in [0.05, 0.1) is 0 Å². The van der Waals surface area contributed by atoms with E-state index in [0.29, 0.717) is 29.5 Å². The molecule has 29 heavy (non-hydrogen) atoms. The van der Waals surface area contributed by atoms with Crippen molar-refractivity contribution in [3.63, 3.8) is 0 Å². The minimum absolute atomic E-state index is 0.0839. The van der Waals surface area contributed by atoms with Gasteiger partial charge in [0.1, 0.15) is 5.75 Å². The van der Waals surface area contributed by atoms with Crippen LogP contribution in [0.2, 0.25) is 0 Å². The normalized spacial score (nSPS) is 13.5. The first-order valence-electron chi connectivity index (χ1n) is 9.55. The van der Waals surface area contributed by atoms with E-state index in [1.54, 1.807) is 36.4 Å². The first-order valence-corrected chi connectivity index (χ1v) is 9.55. The molecular formula is C23H24N2O4. The summed E-state index contributed by atoms with van der Waals surface area (Å²) < 4.78 is 5.00. The summed E-state index contributed by atoms with van der Waals surface area (Å²) in [6, 6.07) is 13.7. The second kappa shape index (κ2) is 9.19. The lowest BCUT2D eigenvalue weighted by molar-refractivity contribution is -0.131. The molecule has 1 aliphatic rings. The van der Waals surface area contributed by atoms with Crippen molar-refractivity contribution < 1.29 is 19.1 Å². The molecule has 1 saturated carbocycles. The number of carbonyl (C=O) groups is 3. The van der Waals surface area contributed by atoms with Crippen LogP contribution in [0.1, 0.15) is 42.6 Å². The first kappa shape index (κ1) is 20.3. The van der Waals surface area contributed by atoms with Crippen LogP contribution in [0.3, 0.4) is 0 Å². The maximum atomic E-state index is 12.4. The highest BCUT2D eigenvalue weighted by atomic mass is 16.5. The average molecular weight is 392 g/mol. The zero-order valence-corrected chi connectivity index (χ0v) is 16.5. The van der Waals surface area contributed by atoms with E-state index in [0.717, 1.165) is 11.1 Å². The molecule has 0 spiro atoms. The Morgan fingerprint density at radius 3 is 2.45 bits per heavy atom. The van der Waals surface area contributed by atoms with Crippen LogP contribution >= 0.6 is 0 Å². The van der Waals surface area contributed by atoms with Gasteiger partial charge in [-0.1, -0.05) is 23.8 Å². The van der Waals surface area contributed by atoms with Gasteiger partial charge < -0.3 is 15.4 Å². The molecule has 0 atom stereocenters. The summed E-state index contributed by atoms with van der Waals surface area (Å²) in [6.45, 7) is 3.73. The number of carbonyl (C=O) groups excluding carboxylic acids is 3. The maximum Gasteiger partial charge on any atom is 0.308 e. The second-order valence-electron chi connectivity index (χ2n) is 7.15.